The summed E-state index contributed by atoms with van der Waals surface area (Å²) < 4.78 is 4.86. The summed E-state index contributed by atoms with van der Waals surface area (Å²) >= 11 is 0. The third kappa shape index (κ3) is 16.3. The van der Waals surface area contributed by atoms with Gasteiger partial charge in [0.1, 0.15) is 12.7 Å². The molecule has 0 bridgehead atoms. The van der Waals surface area contributed by atoms with E-state index in [9.17, 15) is 4.79 Å². The van der Waals surface area contributed by atoms with Gasteiger partial charge in [-0.25, -0.2) is 4.79 Å². The minimum absolute atomic E-state index is 0.181. The van der Waals surface area contributed by atoms with Crippen LogP contribution in [0.25, 0.3) is 0 Å². The zero-order chi connectivity index (χ0) is 20.7. The topological polar surface area (TPSA) is 66.8 Å². The Morgan fingerprint density at radius 2 is 1.33 bits per heavy atom. The second-order valence-electron chi connectivity index (χ2n) is 7.46. The number of aliphatic hydroxyl groups is 2. The number of hydrogen-bond donors (Lipinski definition) is 2. The van der Waals surface area contributed by atoms with Crippen LogP contribution < -0.4 is 0 Å². The summed E-state index contributed by atoms with van der Waals surface area (Å²) in [6.45, 7) is 9.92. The first-order chi connectivity index (χ1) is 12.7. The van der Waals surface area contributed by atoms with Gasteiger partial charge in [0.15, 0.2) is 0 Å². The van der Waals surface area contributed by atoms with Crippen molar-refractivity contribution in [3.05, 3.63) is 46.6 Å². The molecular formula is C23H38O4. The maximum Gasteiger partial charge on any atom is 0.330 e. The van der Waals surface area contributed by atoms with Crippen molar-refractivity contribution in [3.63, 3.8) is 0 Å². The molecule has 0 aliphatic carbocycles. The highest BCUT2D eigenvalue weighted by atomic mass is 16.5. The van der Waals surface area contributed by atoms with Crippen LogP contribution in [0.1, 0.15) is 73.1 Å². The number of allylic oxidation sites excluding steroid dienone is 7. The van der Waals surface area contributed by atoms with Gasteiger partial charge >= 0.3 is 5.97 Å². The van der Waals surface area contributed by atoms with Crippen molar-refractivity contribution in [2.24, 2.45) is 0 Å². The second-order valence-corrected chi connectivity index (χ2v) is 7.46. The third-order valence-corrected chi connectivity index (χ3v) is 4.15. The van der Waals surface area contributed by atoms with Gasteiger partial charge in [0.05, 0.1) is 6.61 Å². The quantitative estimate of drug-likeness (QED) is 0.268. The van der Waals surface area contributed by atoms with Crippen molar-refractivity contribution in [1.82, 2.24) is 0 Å². The fourth-order valence-electron chi connectivity index (χ4n) is 2.43. The van der Waals surface area contributed by atoms with E-state index in [1.165, 1.54) is 22.8 Å². The van der Waals surface area contributed by atoms with Crippen LogP contribution in [0.2, 0.25) is 0 Å². The summed E-state index contributed by atoms with van der Waals surface area (Å²) in [4.78, 5) is 11.6. The molecule has 0 saturated carbocycles. The number of carbonyl (C=O) groups is 1. The first kappa shape index (κ1) is 25.4. The molecule has 0 aliphatic heterocycles. The first-order valence-corrected chi connectivity index (χ1v) is 9.82. The van der Waals surface area contributed by atoms with Gasteiger partial charge in [-0.15, -0.1) is 0 Å². The molecule has 1 atom stereocenters. The number of carbonyl (C=O) groups excluding carboxylic acids is 1. The molecule has 0 aromatic carbocycles. The Morgan fingerprint density at radius 1 is 0.852 bits per heavy atom. The fourth-order valence-corrected chi connectivity index (χ4v) is 2.43. The lowest BCUT2D eigenvalue weighted by Crippen LogP contribution is -2.21. The zero-order valence-corrected chi connectivity index (χ0v) is 17.8. The van der Waals surface area contributed by atoms with Crippen molar-refractivity contribution in [1.29, 1.82) is 0 Å². The Bertz CT molecular complexity index is 549. The Balaban J connectivity index is 4.11. The van der Waals surface area contributed by atoms with Crippen molar-refractivity contribution < 1.29 is 19.7 Å². The predicted molar refractivity (Wildman–Crippen MR) is 112 cm³/mol. The molecule has 0 heterocycles. The van der Waals surface area contributed by atoms with Gasteiger partial charge in [-0.2, -0.15) is 0 Å². The van der Waals surface area contributed by atoms with Gasteiger partial charge < -0.3 is 14.9 Å². The predicted octanol–water partition coefficient (Wildman–Crippen LogP) is 5.03. The van der Waals surface area contributed by atoms with Gasteiger partial charge in [0, 0.05) is 6.08 Å². The molecule has 0 aliphatic rings. The molecule has 0 fully saturated rings. The number of aliphatic hydroxyl groups excluding tert-OH is 2. The van der Waals surface area contributed by atoms with E-state index in [1.54, 1.807) is 0 Å². The third-order valence-electron chi connectivity index (χ3n) is 4.15. The average molecular weight is 379 g/mol. The largest absolute Gasteiger partial charge is 0.460 e. The molecule has 2 N–H and O–H groups in total. The summed E-state index contributed by atoms with van der Waals surface area (Å²) in [5, 5.41) is 17.8. The van der Waals surface area contributed by atoms with Crippen LogP contribution in [0, 0.1) is 0 Å². The highest BCUT2D eigenvalue weighted by molar-refractivity contribution is 5.82. The van der Waals surface area contributed by atoms with Crippen LogP contribution in [-0.4, -0.2) is 35.5 Å². The summed E-state index contributed by atoms with van der Waals surface area (Å²) in [5.41, 5.74) is 5.13. The van der Waals surface area contributed by atoms with E-state index < -0.39 is 18.7 Å². The molecule has 4 nitrogen and oxygen atoms in total. The molecule has 27 heavy (non-hydrogen) atoms. The minimum Gasteiger partial charge on any atom is -0.460 e. The molecule has 0 saturated heterocycles. The van der Waals surface area contributed by atoms with E-state index in [4.69, 9.17) is 14.9 Å². The molecule has 0 aromatic heterocycles. The molecular weight excluding hydrogens is 340 g/mol. The molecule has 0 spiro atoms. The molecule has 4 heteroatoms. The summed E-state index contributed by atoms with van der Waals surface area (Å²) in [5.74, 6) is -0.477. The first-order valence-electron chi connectivity index (χ1n) is 9.82. The molecule has 0 aromatic rings. The second kappa shape index (κ2) is 15.4. The maximum absolute atomic E-state index is 11.6. The van der Waals surface area contributed by atoms with Crippen molar-refractivity contribution in [2.45, 2.75) is 79.2 Å². The van der Waals surface area contributed by atoms with Gasteiger partial charge in [0.25, 0.3) is 0 Å². The van der Waals surface area contributed by atoms with Crippen LogP contribution >= 0.6 is 0 Å². The van der Waals surface area contributed by atoms with E-state index in [0.29, 0.717) is 0 Å². The van der Waals surface area contributed by atoms with Crippen LogP contribution in [0.3, 0.4) is 0 Å². The summed E-state index contributed by atoms with van der Waals surface area (Å²) in [6, 6.07) is 0. The fraction of sp³-hybridized carbons (Fsp3) is 0.609. The zero-order valence-electron chi connectivity index (χ0n) is 17.8. The Kier molecular flexibility index (Phi) is 14.5. The van der Waals surface area contributed by atoms with E-state index in [2.05, 4.69) is 45.9 Å². The Labute approximate surface area is 165 Å². The van der Waals surface area contributed by atoms with E-state index >= 15 is 0 Å². The molecule has 0 unspecified atom stereocenters. The smallest absolute Gasteiger partial charge is 0.330 e. The number of hydrogen-bond acceptors (Lipinski definition) is 4. The van der Waals surface area contributed by atoms with Gasteiger partial charge in [0.2, 0.25) is 0 Å². The Hall–Kier alpha value is -1.65. The lowest BCUT2D eigenvalue weighted by atomic mass is 10.0. The van der Waals surface area contributed by atoms with Crippen molar-refractivity contribution in [2.75, 3.05) is 13.2 Å². The average Bonchev–Trinajstić information content (AvgIpc) is 2.59. The summed E-state index contributed by atoms with van der Waals surface area (Å²) in [7, 11) is 0. The molecule has 0 amide bonds. The SMILES string of the molecule is CC(C)=CCC/C(C)=C/CC/C(C)=C/CC/C(C)=C/C(=O)OC[C@@H](O)CO. The lowest BCUT2D eigenvalue weighted by Gasteiger charge is -2.07. The van der Waals surface area contributed by atoms with Gasteiger partial charge in [-0.3, -0.25) is 0 Å². The van der Waals surface area contributed by atoms with E-state index in [0.717, 1.165) is 44.1 Å². The van der Waals surface area contributed by atoms with Gasteiger partial charge in [-0.05, 0) is 73.1 Å². The normalized spacial score (nSPS) is 14.1. The molecule has 154 valence electrons. The van der Waals surface area contributed by atoms with Crippen molar-refractivity contribution in [3.8, 4) is 0 Å². The number of rotatable bonds is 13. The van der Waals surface area contributed by atoms with Crippen LogP contribution in [-0.2, 0) is 9.53 Å². The minimum atomic E-state index is -1.02. The Morgan fingerprint density at radius 3 is 1.81 bits per heavy atom. The van der Waals surface area contributed by atoms with Gasteiger partial charge in [-0.1, -0.05) is 40.5 Å². The standard InChI is InChI=1S/C23H38O4/c1-18(2)9-6-10-19(3)11-7-12-20(4)13-8-14-21(5)15-23(26)27-17-22(25)16-24/h9,11,13,15,22,24-25H,6-8,10,12,14,16-17H2,1-5H3/b19-11+,20-13+,21-15+/t22-/m0/s1. The lowest BCUT2D eigenvalue weighted by molar-refractivity contribution is -0.141. The number of ether oxygens (including phenoxy) is 1. The van der Waals surface area contributed by atoms with Crippen LogP contribution in [0.4, 0.5) is 0 Å². The summed E-state index contributed by atoms with van der Waals surface area (Å²) in [6.07, 6.45) is 13.3. The van der Waals surface area contributed by atoms with Crippen LogP contribution in [0.15, 0.2) is 46.6 Å². The van der Waals surface area contributed by atoms with Crippen LogP contribution in [0.5, 0.6) is 0 Å². The van der Waals surface area contributed by atoms with E-state index in [-0.39, 0.29) is 6.61 Å². The highest BCUT2D eigenvalue weighted by Gasteiger charge is 2.05. The van der Waals surface area contributed by atoms with E-state index in [1.807, 2.05) is 6.92 Å². The molecule has 0 radical (unpaired) electrons. The van der Waals surface area contributed by atoms with Crippen molar-refractivity contribution >= 4 is 5.97 Å². The maximum atomic E-state index is 11.6. The monoisotopic (exact) mass is 378 g/mol. The molecule has 0 rings (SSSR count). The number of esters is 1. The highest BCUT2D eigenvalue weighted by Crippen LogP contribution is 2.13.